The van der Waals surface area contributed by atoms with Crippen LogP contribution >= 0.6 is 11.6 Å². The largest absolute Gasteiger partial charge is 0.207 e. The second-order valence-electron chi connectivity index (χ2n) is 6.60. The van der Waals surface area contributed by atoms with Crippen molar-refractivity contribution in [2.45, 2.75) is 0 Å². The van der Waals surface area contributed by atoms with Gasteiger partial charge in [-0.2, -0.15) is 0 Å². The molecule has 4 aromatic rings. The molecular weight excluding hydrogens is 391 g/mol. The zero-order valence-corrected chi connectivity index (χ0v) is 17.2. The Labute approximate surface area is 182 Å². The molecule has 0 N–H and O–H groups in total. The van der Waals surface area contributed by atoms with Gasteiger partial charge >= 0.3 is 0 Å². The summed E-state index contributed by atoms with van der Waals surface area (Å²) < 4.78 is 12.9. The predicted molar refractivity (Wildman–Crippen MR) is 129 cm³/mol. The molecule has 0 saturated heterocycles. The molecule has 0 heterocycles. The van der Waals surface area contributed by atoms with Crippen molar-refractivity contribution >= 4 is 35.9 Å². The van der Waals surface area contributed by atoms with E-state index in [9.17, 15) is 4.39 Å². The molecule has 0 aliphatic carbocycles. The van der Waals surface area contributed by atoms with Crippen LogP contribution in [0.5, 0.6) is 0 Å². The quantitative estimate of drug-likeness (QED) is 0.295. The van der Waals surface area contributed by atoms with Gasteiger partial charge in [-0.05, 0) is 46.5 Å². The Morgan fingerprint density at radius 2 is 0.900 bits per heavy atom. The third-order valence-electron chi connectivity index (χ3n) is 4.23. The van der Waals surface area contributed by atoms with E-state index in [1.54, 1.807) is 6.07 Å². The Morgan fingerprint density at radius 3 is 1.40 bits per heavy atom. The van der Waals surface area contributed by atoms with E-state index in [1.165, 1.54) is 17.7 Å². The van der Waals surface area contributed by atoms with Crippen LogP contribution in [0.2, 0.25) is 5.02 Å². The highest BCUT2D eigenvalue weighted by atomic mass is 35.5. The maximum atomic E-state index is 12.9. The number of halogens is 2. The van der Waals surface area contributed by atoms with E-state index in [2.05, 4.69) is 24.3 Å². The molecule has 0 aromatic heterocycles. The smallest absolute Gasteiger partial charge is 0.123 e. The van der Waals surface area contributed by atoms with E-state index in [0.717, 1.165) is 21.7 Å². The molecule has 0 aliphatic rings. The van der Waals surface area contributed by atoms with Crippen molar-refractivity contribution in [2.75, 3.05) is 0 Å². The van der Waals surface area contributed by atoms with Crippen molar-refractivity contribution < 1.29 is 4.39 Å². The van der Waals surface area contributed by atoms with Gasteiger partial charge in [-0.1, -0.05) is 121 Å². The molecule has 0 fully saturated rings. The fraction of sp³-hybridized carbons (Fsp3) is 0. The van der Waals surface area contributed by atoms with E-state index in [4.69, 9.17) is 11.6 Å². The number of hydrogen-bond donors (Lipinski definition) is 0. The average Bonchev–Trinajstić information content (AvgIpc) is 2.78. The lowest BCUT2D eigenvalue weighted by atomic mass is 10.1. The molecule has 0 amide bonds. The molecular formula is C28H22ClF. The lowest BCUT2D eigenvalue weighted by Gasteiger charge is -1.94. The van der Waals surface area contributed by atoms with Crippen LogP contribution in [0.4, 0.5) is 4.39 Å². The van der Waals surface area contributed by atoms with Crippen LogP contribution in [0.1, 0.15) is 22.3 Å². The summed E-state index contributed by atoms with van der Waals surface area (Å²) in [5.74, 6) is -0.204. The Bertz CT molecular complexity index is 1010. The second kappa shape index (κ2) is 11.5. The van der Waals surface area contributed by atoms with Crippen LogP contribution in [-0.2, 0) is 0 Å². The highest BCUT2D eigenvalue weighted by Gasteiger charge is 1.90. The molecule has 0 nitrogen and oxygen atoms in total. The van der Waals surface area contributed by atoms with Crippen LogP contribution < -0.4 is 0 Å². The van der Waals surface area contributed by atoms with E-state index in [0.29, 0.717) is 0 Å². The summed E-state index contributed by atoms with van der Waals surface area (Å²) in [4.78, 5) is 0. The summed E-state index contributed by atoms with van der Waals surface area (Å²) in [6.45, 7) is 0. The van der Waals surface area contributed by atoms with Crippen molar-refractivity contribution in [3.05, 3.63) is 142 Å². The molecule has 0 radical (unpaired) electrons. The molecule has 0 unspecified atom stereocenters. The summed E-state index contributed by atoms with van der Waals surface area (Å²) in [5.41, 5.74) is 4.30. The maximum absolute atomic E-state index is 12.9. The first-order chi connectivity index (χ1) is 14.7. The molecule has 4 aromatic carbocycles. The van der Waals surface area contributed by atoms with Crippen molar-refractivity contribution in [2.24, 2.45) is 0 Å². The third-order valence-corrected chi connectivity index (χ3v) is 4.47. The minimum Gasteiger partial charge on any atom is -0.207 e. The molecule has 0 atom stereocenters. The zero-order valence-electron chi connectivity index (χ0n) is 16.5. The number of benzene rings is 4. The average molecular weight is 413 g/mol. The van der Waals surface area contributed by atoms with Gasteiger partial charge in [-0.25, -0.2) is 4.39 Å². The van der Waals surface area contributed by atoms with Gasteiger partial charge in [-0.3, -0.25) is 0 Å². The van der Waals surface area contributed by atoms with Gasteiger partial charge in [0.25, 0.3) is 0 Å². The minimum absolute atomic E-state index is 0.204. The van der Waals surface area contributed by atoms with E-state index in [1.807, 2.05) is 91.0 Å². The topological polar surface area (TPSA) is 0 Å². The van der Waals surface area contributed by atoms with Crippen LogP contribution in [0.25, 0.3) is 24.3 Å². The van der Waals surface area contributed by atoms with Gasteiger partial charge in [0.1, 0.15) is 5.82 Å². The molecule has 0 spiro atoms. The summed E-state index contributed by atoms with van der Waals surface area (Å²) >= 11 is 5.89. The SMILES string of the molecule is Clc1cccc(/C=C/c2ccccc2)c1.Fc1cccc(/C=C/c2ccccc2)c1. The molecule has 4 rings (SSSR count). The van der Waals surface area contributed by atoms with Gasteiger partial charge in [0.2, 0.25) is 0 Å². The molecule has 2 heteroatoms. The van der Waals surface area contributed by atoms with Gasteiger partial charge in [0.05, 0.1) is 0 Å². The fourth-order valence-corrected chi connectivity index (χ4v) is 2.93. The summed E-state index contributed by atoms with van der Waals surface area (Å²) in [7, 11) is 0. The Kier molecular flexibility index (Phi) is 8.20. The third kappa shape index (κ3) is 7.54. The molecule has 0 bridgehead atoms. The zero-order chi connectivity index (χ0) is 21.0. The van der Waals surface area contributed by atoms with Crippen molar-refractivity contribution in [1.29, 1.82) is 0 Å². The number of rotatable bonds is 4. The van der Waals surface area contributed by atoms with Gasteiger partial charge < -0.3 is 0 Å². The summed E-state index contributed by atoms with van der Waals surface area (Å²) in [5, 5.41) is 0.769. The second-order valence-corrected chi connectivity index (χ2v) is 7.03. The monoisotopic (exact) mass is 412 g/mol. The van der Waals surface area contributed by atoms with Gasteiger partial charge in [0.15, 0.2) is 0 Å². The molecule has 148 valence electrons. The van der Waals surface area contributed by atoms with Crippen LogP contribution in [0.3, 0.4) is 0 Å². The lowest BCUT2D eigenvalue weighted by Crippen LogP contribution is -1.75. The van der Waals surface area contributed by atoms with Crippen LogP contribution in [-0.4, -0.2) is 0 Å². The van der Waals surface area contributed by atoms with Gasteiger partial charge in [0, 0.05) is 5.02 Å². The first kappa shape index (κ1) is 21.3. The Hall–Kier alpha value is -3.42. The fourth-order valence-electron chi connectivity index (χ4n) is 2.73. The predicted octanol–water partition coefficient (Wildman–Crippen LogP) is 8.51. The van der Waals surface area contributed by atoms with Crippen molar-refractivity contribution in [1.82, 2.24) is 0 Å². The standard InChI is InChI=1S/C14H11Cl.C14H11F/c2*15-14-8-4-7-13(11-14)10-9-12-5-2-1-3-6-12/h2*1-11H/b2*10-9+. The van der Waals surface area contributed by atoms with E-state index in [-0.39, 0.29) is 5.82 Å². The number of hydrogen-bond acceptors (Lipinski definition) is 0. The lowest BCUT2D eigenvalue weighted by molar-refractivity contribution is 0.627. The molecule has 0 aliphatic heterocycles. The van der Waals surface area contributed by atoms with Crippen molar-refractivity contribution in [3.8, 4) is 0 Å². The Morgan fingerprint density at radius 1 is 0.467 bits per heavy atom. The summed E-state index contributed by atoms with van der Waals surface area (Å²) in [6, 6.07) is 34.5. The van der Waals surface area contributed by atoms with Crippen molar-refractivity contribution in [3.63, 3.8) is 0 Å². The van der Waals surface area contributed by atoms with Crippen LogP contribution in [0.15, 0.2) is 109 Å². The minimum atomic E-state index is -0.204. The Balaban J connectivity index is 0.000000171. The molecule has 30 heavy (non-hydrogen) atoms. The van der Waals surface area contributed by atoms with E-state index < -0.39 is 0 Å². The highest BCUT2D eigenvalue weighted by molar-refractivity contribution is 6.30. The van der Waals surface area contributed by atoms with Crippen LogP contribution in [0, 0.1) is 5.82 Å². The first-order valence-electron chi connectivity index (χ1n) is 9.66. The highest BCUT2D eigenvalue weighted by Crippen LogP contribution is 2.13. The van der Waals surface area contributed by atoms with E-state index >= 15 is 0 Å². The van der Waals surface area contributed by atoms with Gasteiger partial charge in [-0.15, -0.1) is 0 Å². The summed E-state index contributed by atoms with van der Waals surface area (Å²) in [6.07, 6.45) is 8.00. The first-order valence-corrected chi connectivity index (χ1v) is 10.0. The maximum Gasteiger partial charge on any atom is 0.123 e. The normalized spacial score (nSPS) is 10.7. The molecule has 0 saturated carbocycles.